The first kappa shape index (κ1) is 20.2. The van der Waals surface area contributed by atoms with Crippen molar-refractivity contribution in [3.8, 4) is 0 Å². The lowest BCUT2D eigenvalue weighted by Gasteiger charge is -2.07. The number of aliphatic hydroxyl groups excluding tert-OH is 1. The van der Waals surface area contributed by atoms with Crippen LogP contribution < -0.4 is 0 Å². The van der Waals surface area contributed by atoms with Gasteiger partial charge >= 0.3 is 0 Å². The molecular weight excluding hydrogens is 268 g/mol. The number of unbranched alkanes of at least 4 members (excludes halogenated alkanes) is 12. The van der Waals surface area contributed by atoms with Crippen molar-refractivity contribution < 1.29 is 5.11 Å². The summed E-state index contributed by atoms with van der Waals surface area (Å²) in [5.41, 5.74) is 0. The third-order valence-corrected chi connectivity index (χ3v) is 4.50. The molecule has 1 nitrogen and oxygen atoms in total. The lowest BCUT2D eigenvalue weighted by atomic mass is 10.0. The number of hydrogen-bond acceptors (Lipinski definition) is 1. The summed E-state index contributed by atoms with van der Waals surface area (Å²) >= 11 is 6.06. The summed E-state index contributed by atoms with van der Waals surface area (Å²) in [6.45, 7) is 2.51. The summed E-state index contributed by atoms with van der Waals surface area (Å²) in [4.78, 5) is 0. The van der Waals surface area contributed by atoms with Crippen molar-refractivity contribution >= 4 is 11.6 Å². The van der Waals surface area contributed by atoms with Crippen LogP contribution in [-0.4, -0.2) is 17.1 Å². The largest absolute Gasteiger partial charge is 0.396 e. The maximum atomic E-state index is 8.76. The van der Waals surface area contributed by atoms with Crippen LogP contribution in [-0.2, 0) is 0 Å². The zero-order valence-corrected chi connectivity index (χ0v) is 14.5. The van der Waals surface area contributed by atoms with Gasteiger partial charge in [0.15, 0.2) is 0 Å². The minimum Gasteiger partial charge on any atom is -0.396 e. The SMILES string of the molecule is CCCCCCCCCCCCCCCC(Cl)CCO. The van der Waals surface area contributed by atoms with Crippen LogP contribution in [0.2, 0.25) is 0 Å². The van der Waals surface area contributed by atoms with E-state index in [4.69, 9.17) is 16.7 Å². The van der Waals surface area contributed by atoms with E-state index >= 15 is 0 Å². The minimum absolute atomic E-state index is 0.188. The Labute approximate surface area is 132 Å². The molecule has 0 aromatic heterocycles. The number of hydrogen-bond donors (Lipinski definition) is 1. The van der Waals surface area contributed by atoms with Crippen LogP contribution in [0.25, 0.3) is 0 Å². The molecule has 122 valence electrons. The van der Waals surface area contributed by atoms with E-state index in [2.05, 4.69) is 6.92 Å². The second-order valence-electron chi connectivity index (χ2n) is 6.14. The van der Waals surface area contributed by atoms with Gasteiger partial charge in [0.2, 0.25) is 0 Å². The quantitative estimate of drug-likeness (QED) is 0.256. The van der Waals surface area contributed by atoms with E-state index in [1.807, 2.05) is 0 Å². The molecular formula is C18H37ClO. The molecule has 0 aromatic rings. The summed E-state index contributed by atoms with van der Waals surface area (Å²) in [5.74, 6) is 0. The first-order chi connectivity index (χ1) is 9.81. The number of alkyl halides is 1. The number of rotatable bonds is 16. The normalized spacial score (nSPS) is 12.8. The first-order valence-electron chi connectivity index (χ1n) is 9.06. The molecule has 2 heteroatoms. The Morgan fingerprint density at radius 3 is 1.45 bits per heavy atom. The van der Waals surface area contributed by atoms with Gasteiger partial charge in [-0.25, -0.2) is 0 Å². The van der Waals surface area contributed by atoms with Gasteiger partial charge in [-0.2, -0.15) is 0 Å². The van der Waals surface area contributed by atoms with Crippen molar-refractivity contribution in [2.24, 2.45) is 0 Å². The molecule has 0 spiro atoms. The predicted octanol–water partition coefficient (Wildman–Crippen LogP) is 6.46. The average Bonchev–Trinajstić information content (AvgIpc) is 2.44. The molecule has 0 saturated heterocycles. The molecule has 0 heterocycles. The van der Waals surface area contributed by atoms with Crippen LogP contribution in [0.1, 0.15) is 103 Å². The molecule has 1 unspecified atom stereocenters. The van der Waals surface area contributed by atoms with E-state index in [9.17, 15) is 0 Å². The lowest BCUT2D eigenvalue weighted by molar-refractivity contribution is 0.283. The van der Waals surface area contributed by atoms with Crippen molar-refractivity contribution in [1.82, 2.24) is 0 Å². The van der Waals surface area contributed by atoms with Crippen LogP contribution in [0.4, 0.5) is 0 Å². The Balaban J connectivity index is 2.99. The summed E-state index contributed by atoms with van der Waals surface area (Å²) < 4.78 is 0. The number of halogens is 1. The van der Waals surface area contributed by atoms with Crippen molar-refractivity contribution in [2.75, 3.05) is 6.61 Å². The highest BCUT2D eigenvalue weighted by atomic mass is 35.5. The van der Waals surface area contributed by atoms with E-state index < -0.39 is 0 Å². The van der Waals surface area contributed by atoms with E-state index in [0.717, 1.165) is 12.8 Å². The Bertz CT molecular complexity index is 173. The van der Waals surface area contributed by atoms with Crippen molar-refractivity contribution in [3.63, 3.8) is 0 Å². The van der Waals surface area contributed by atoms with Gasteiger partial charge in [-0.3, -0.25) is 0 Å². The van der Waals surface area contributed by atoms with Crippen LogP contribution in [0.15, 0.2) is 0 Å². The monoisotopic (exact) mass is 304 g/mol. The molecule has 0 fully saturated rings. The van der Waals surface area contributed by atoms with Gasteiger partial charge in [0.1, 0.15) is 0 Å². The fraction of sp³-hybridized carbons (Fsp3) is 1.00. The standard InChI is InChI=1S/C18H37ClO/c1-2-3-4-5-6-7-8-9-10-11-12-13-14-15-18(19)16-17-20/h18,20H,2-17H2,1H3. The smallest absolute Gasteiger partial charge is 0.0445 e. The highest BCUT2D eigenvalue weighted by Gasteiger charge is 2.02. The van der Waals surface area contributed by atoms with E-state index in [1.54, 1.807) is 0 Å². The van der Waals surface area contributed by atoms with Crippen LogP contribution in [0, 0.1) is 0 Å². The fourth-order valence-electron chi connectivity index (χ4n) is 2.67. The molecule has 0 aliphatic heterocycles. The van der Waals surface area contributed by atoms with Gasteiger partial charge in [0.25, 0.3) is 0 Å². The highest BCUT2D eigenvalue weighted by molar-refractivity contribution is 6.20. The first-order valence-corrected chi connectivity index (χ1v) is 9.49. The maximum Gasteiger partial charge on any atom is 0.0445 e. The minimum atomic E-state index is 0.188. The van der Waals surface area contributed by atoms with Gasteiger partial charge in [0.05, 0.1) is 0 Å². The molecule has 0 aliphatic rings. The van der Waals surface area contributed by atoms with E-state index in [1.165, 1.54) is 83.5 Å². The van der Waals surface area contributed by atoms with E-state index in [0.29, 0.717) is 0 Å². The topological polar surface area (TPSA) is 20.2 Å². The molecule has 0 rings (SSSR count). The zero-order chi connectivity index (χ0) is 14.9. The molecule has 0 bridgehead atoms. The average molecular weight is 305 g/mol. The number of aliphatic hydroxyl groups is 1. The Kier molecular flexibility index (Phi) is 17.5. The molecule has 0 aromatic carbocycles. The third-order valence-electron chi connectivity index (χ3n) is 4.06. The Morgan fingerprint density at radius 2 is 1.05 bits per heavy atom. The van der Waals surface area contributed by atoms with E-state index in [-0.39, 0.29) is 12.0 Å². The van der Waals surface area contributed by atoms with Gasteiger partial charge in [-0.1, -0.05) is 90.4 Å². The molecule has 0 aliphatic carbocycles. The van der Waals surface area contributed by atoms with Crippen molar-refractivity contribution in [2.45, 2.75) is 109 Å². The molecule has 0 saturated carbocycles. The zero-order valence-electron chi connectivity index (χ0n) is 13.7. The predicted molar refractivity (Wildman–Crippen MR) is 91.7 cm³/mol. The summed E-state index contributed by atoms with van der Waals surface area (Å²) in [7, 11) is 0. The Morgan fingerprint density at radius 1 is 0.650 bits per heavy atom. The van der Waals surface area contributed by atoms with Crippen molar-refractivity contribution in [1.29, 1.82) is 0 Å². The second kappa shape index (κ2) is 17.3. The molecule has 1 atom stereocenters. The summed E-state index contributed by atoms with van der Waals surface area (Å²) in [6, 6.07) is 0. The Hall–Kier alpha value is 0.250. The van der Waals surface area contributed by atoms with Crippen LogP contribution in [0.5, 0.6) is 0 Å². The maximum absolute atomic E-state index is 8.76. The van der Waals surface area contributed by atoms with Gasteiger partial charge in [-0.05, 0) is 12.8 Å². The van der Waals surface area contributed by atoms with Gasteiger partial charge in [-0.15, -0.1) is 11.6 Å². The molecule has 20 heavy (non-hydrogen) atoms. The molecule has 1 N–H and O–H groups in total. The summed E-state index contributed by atoms with van der Waals surface area (Å²) in [5, 5.41) is 8.94. The van der Waals surface area contributed by atoms with Crippen LogP contribution >= 0.6 is 11.6 Å². The van der Waals surface area contributed by atoms with Crippen molar-refractivity contribution in [3.05, 3.63) is 0 Å². The second-order valence-corrected chi connectivity index (χ2v) is 6.76. The highest BCUT2D eigenvalue weighted by Crippen LogP contribution is 2.15. The summed E-state index contributed by atoms with van der Waals surface area (Å²) in [6.07, 6.45) is 19.9. The molecule has 0 radical (unpaired) electrons. The van der Waals surface area contributed by atoms with Gasteiger partial charge < -0.3 is 5.11 Å². The lowest BCUT2D eigenvalue weighted by Crippen LogP contribution is -2.01. The fourth-order valence-corrected chi connectivity index (χ4v) is 2.92. The third kappa shape index (κ3) is 16.3. The molecule has 0 amide bonds. The van der Waals surface area contributed by atoms with Gasteiger partial charge in [0, 0.05) is 12.0 Å². The van der Waals surface area contributed by atoms with Crippen LogP contribution in [0.3, 0.4) is 0 Å².